The molecule has 2 saturated heterocycles. The molecule has 0 radical (unpaired) electrons. The number of halogens is 1. The first-order chi connectivity index (χ1) is 12.2. The Labute approximate surface area is 152 Å². The molecule has 1 aromatic carbocycles. The van der Waals surface area contributed by atoms with Crippen molar-refractivity contribution in [2.24, 2.45) is 0 Å². The molecule has 0 saturated carbocycles. The van der Waals surface area contributed by atoms with Crippen LogP contribution in [-0.4, -0.2) is 53.3 Å². The number of morpholine rings is 1. The van der Waals surface area contributed by atoms with Crippen LogP contribution in [0.15, 0.2) is 36.5 Å². The lowest BCUT2D eigenvalue weighted by Gasteiger charge is -2.46. The van der Waals surface area contributed by atoms with Gasteiger partial charge in [-0.1, -0.05) is 11.6 Å². The number of nitrogens with one attached hydrogen (secondary N) is 1. The molecule has 4 rings (SSSR count). The van der Waals surface area contributed by atoms with Gasteiger partial charge in [-0.15, -0.1) is 0 Å². The molecule has 1 unspecified atom stereocenters. The van der Waals surface area contributed by atoms with Crippen LogP contribution in [0.1, 0.15) is 12.8 Å². The van der Waals surface area contributed by atoms with Crippen LogP contribution in [-0.2, 0) is 4.74 Å². The number of nitrogens with zero attached hydrogens (tertiary/aromatic N) is 3. The first-order valence-electron chi connectivity index (χ1n) is 8.49. The minimum atomic E-state index is 0.241. The predicted octanol–water partition coefficient (Wildman–Crippen LogP) is 3.11. The maximum atomic E-state index is 6.20. The maximum absolute atomic E-state index is 6.20. The van der Waals surface area contributed by atoms with Gasteiger partial charge in [-0.2, -0.15) is 0 Å². The summed E-state index contributed by atoms with van der Waals surface area (Å²) in [6, 6.07) is 10.4. The van der Waals surface area contributed by atoms with Gasteiger partial charge in [0.05, 0.1) is 13.2 Å². The Morgan fingerprint density at radius 2 is 1.88 bits per heavy atom. The van der Waals surface area contributed by atoms with Crippen molar-refractivity contribution in [1.82, 2.24) is 14.9 Å². The standard InChI is InChI=1S/C18H21ClN4O2/c1-23-13-8-16(9-14(23)11-24-10-13)25-15-4-2-12(3-5-15)21-18-20-7-6-17(19)22-18/h2-7,13-14,16H,8-11H2,1H3,(H,20,21,22)/t13-,14+,16?. The SMILES string of the molecule is CN1[C@@H]2COC[C@H]1CC(Oc1ccc(Nc3nccc(Cl)n3)cc1)C2. The van der Waals surface area contributed by atoms with Crippen LogP contribution in [0.4, 0.5) is 11.6 Å². The molecule has 2 aliphatic heterocycles. The van der Waals surface area contributed by atoms with Gasteiger partial charge in [-0.05, 0) is 37.4 Å². The van der Waals surface area contributed by atoms with Crippen LogP contribution in [0, 0.1) is 0 Å². The average Bonchev–Trinajstić information content (AvgIpc) is 2.58. The van der Waals surface area contributed by atoms with Gasteiger partial charge in [-0.25, -0.2) is 9.97 Å². The van der Waals surface area contributed by atoms with Gasteiger partial charge < -0.3 is 14.8 Å². The number of aromatic nitrogens is 2. The van der Waals surface area contributed by atoms with Crippen LogP contribution >= 0.6 is 11.6 Å². The summed E-state index contributed by atoms with van der Waals surface area (Å²) in [5.74, 6) is 1.36. The summed E-state index contributed by atoms with van der Waals surface area (Å²) in [6.45, 7) is 1.60. The van der Waals surface area contributed by atoms with Crippen molar-refractivity contribution in [2.75, 3.05) is 25.6 Å². The number of anilines is 2. The molecule has 6 nitrogen and oxygen atoms in total. The van der Waals surface area contributed by atoms with Crippen molar-refractivity contribution >= 4 is 23.2 Å². The summed E-state index contributed by atoms with van der Waals surface area (Å²) in [5, 5.41) is 3.54. The largest absolute Gasteiger partial charge is 0.490 e. The Morgan fingerprint density at radius 3 is 2.56 bits per heavy atom. The zero-order valence-corrected chi connectivity index (χ0v) is 14.8. The lowest BCUT2D eigenvalue weighted by molar-refractivity contribution is -0.0879. The maximum Gasteiger partial charge on any atom is 0.228 e. The van der Waals surface area contributed by atoms with Gasteiger partial charge in [-0.3, -0.25) is 4.90 Å². The lowest BCUT2D eigenvalue weighted by atomic mass is 9.92. The molecule has 3 heterocycles. The van der Waals surface area contributed by atoms with Crippen LogP contribution in [0.3, 0.4) is 0 Å². The van der Waals surface area contributed by atoms with E-state index in [1.807, 2.05) is 24.3 Å². The van der Waals surface area contributed by atoms with E-state index in [-0.39, 0.29) is 6.10 Å². The van der Waals surface area contributed by atoms with Crippen molar-refractivity contribution in [2.45, 2.75) is 31.0 Å². The van der Waals surface area contributed by atoms with Gasteiger partial charge in [0.15, 0.2) is 0 Å². The normalized spacial score (nSPS) is 26.2. The summed E-state index contributed by atoms with van der Waals surface area (Å²) in [6.07, 6.45) is 3.87. The van der Waals surface area contributed by atoms with E-state index in [0.29, 0.717) is 23.2 Å². The molecule has 3 atom stereocenters. The van der Waals surface area contributed by atoms with Crippen LogP contribution in [0.5, 0.6) is 5.75 Å². The van der Waals surface area contributed by atoms with Crippen LogP contribution < -0.4 is 10.1 Å². The van der Waals surface area contributed by atoms with Gasteiger partial charge in [0.2, 0.25) is 5.95 Å². The van der Waals surface area contributed by atoms with Gasteiger partial charge in [0.25, 0.3) is 0 Å². The van der Waals surface area contributed by atoms with Crippen molar-refractivity contribution in [3.05, 3.63) is 41.7 Å². The molecular formula is C18H21ClN4O2. The minimum Gasteiger partial charge on any atom is -0.490 e. The number of hydrogen-bond donors (Lipinski definition) is 1. The summed E-state index contributed by atoms with van der Waals surface area (Å²) >= 11 is 5.87. The Bertz CT molecular complexity index is 713. The summed E-state index contributed by atoms with van der Waals surface area (Å²) in [4.78, 5) is 10.7. The number of benzene rings is 1. The van der Waals surface area contributed by atoms with Gasteiger partial charge in [0, 0.05) is 36.8 Å². The first kappa shape index (κ1) is 16.6. The number of fused-ring (bicyclic) bond motifs is 2. The highest BCUT2D eigenvalue weighted by molar-refractivity contribution is 6.29. The average molecular weight is 361 g/mol. The fourth-order valence-electron chi connectivity index (χ4n) is 3.48. The monoisotopic (exact) mass is 360 g/mol. The molecule has 132 valence electrons. The molecule has 2 aliphatic rings. The topological polar surface area (TPSA) is 59.5 Å². The summed E-state index contributed by atoms with van der Waals surface area (Å²) < 4.78 is 11.9. The van der Waals surface area contributed by atoms with E-state index in [0.717, 1.165) is 37.5 Å². The molecule has 2 bridgehead atoms. The van der Waals surface area contributed by atoms with E-state index in [9.17, 15) is 0 Å². The second-order valence-electron chi connectivity index (χ2n) is 6.57. The zero-order valence-electron chi connectivity index (χ0n) is 14.1. The smallest absolute Gasteiger partial charge is 0.228 e. The van der Waals surface area contributed by atoms with Crippen molar-refractivity contribution in [3.8, 4) is 5.75 Å². The number of ether oxygens (including phenoxy) is 2. The number of piperidine rings is 1. The number of hydrogen-bond acceptors (Lipinski definition) is 6. The van der Waals surface area contributed by atoms with E-state index in [2.05, 4.69) is 27.2 Å². The third-order valence-electron chi connectivity index (χ3n) is 4.88. The Kier molecular flexibility index (Phi) is 4.74. The summed E-state index contributed by atoms with van der Waals surface area (Å²) in [5.41, 5.74) is 0.892. The second-order valence-corrected chi connectivity index (χ2v) is 6.96. The zero-order chi connectivity index (χ0) is 17.2. The van der Waals surface area contributed by atoms with Crippen molar-refractivity contribution in [3.63, 3.8) is 0 Å². The molecule has 2 aromatic rings. The fourth-order valence-corrected chi connectivity index (χ4v) is 3.61. The molecular weight excluding hydrogens is 340 g/mol. The van der Waals surface area contributed by atoms with E-state index < -0.39 is 0 Å². The third-order valence-corrected chi connectivity index (χ3v) is 5.09. The molecule has 0 spiro atoms. The number of rotatable bonds is 4. The van der Waals surface area contributed by atoms with E-state index in [4.69, 9.17) is 21.1 Å². The van der Waals surface area contributed by atoms with Crippen LogP contribution in [0.25, 0.3) is 0 Å². The number of likely N-dealkylation sites (N-methyl/N-ethyl adjacent to an activating group) is 1. The van der Waals surface area contributed by atoms with E-state index >= 15 is 0 Å². The Hall–Kier alpha value is -1.89. The second kappa shape index (κ2) is 7.15. The molecule has 0 aliphatic carbocycles. The fraction of sp³-hybridized carbons (Fsp3) is 0.444. The highest BCUT2D eigenvalue weighted by Gasteiger charge is 2.37. The van der Waals surface area contributed by atoms with E-state index in [1.165, 1.54) is 0 Å². The predicted molar refractivity (Wildman–Crippen MR) is 96.6 cm³/mol. The molecule has 7 heteroatoms. The van der Waals surface area contributed by atoms with Crippen LogP contribution in [0.2, 0.25) is 5.15 Å². The summed E-state index contributed by atoms with van der Waals surface area (Å²) in [7, 11) is 2.19. The Balaban J connectivity index is 1.37. The highest BCUT2D eigenvalue weighted by Crippen LogP contribution is 2.29. The minimum absolute atomic E-state index is 0.241. The van der Waals surface area contributed by atoms with Gasteiger partial charge in [0.1, 0.15) is 17.0 Å². The third kappa shape index (κ3) is 3.86. The molecule has 2 fully saturated rings. The molecule has 0 amide bonds. The highest BCUT2D eigenvalue weighted by atomic mass is 35.5. The lowest BCUT2D eigenvalue weighted by Crippen LogP contribution is -2.57. The molecule has 25 heavy (non-hydrogen) atoms. The van der Waals surface area contributed by atoms with Gasteiger partial charge >= 0.3 is 0 Å². The quantitative estimate of drug-likeness (QED) is 0.845. The van der Waals surface area contributed by atoms with Crippen molar-refractivity contribution in [1.29, 1.82) is 0 Å². The molecule has 1 N–H and O–H groups in total. The molecule has 1 aromatic heterocycles. The van der Waals surface area contributed by atoms with E-state index in [1.54, 1.807) is 12.3 Å². The first-order valence-corrected chi connectivity index (χ1v) is 8.87. The van der Waals surface area contributed by atoms with Crippen molar-refractivity contribution < 1.29 is 9.47 Å². The Morgan fingerprint density at radius 1 is 1.16 bits per heavy atom.